The number of carbonyl (C=O) groups is 2. The van der Waals surface area contributed by atoms with E-state index in [-0.39, 0.29) is 5.91 Å². The monoisotopic (exact) mass is 343 g/mol. The smallest absolute Gasteiger partial charge is 0.330 e. The summed E-state index contributed by atoms with van der Waals surface area (Å²) in [4.78, 5) is 23.7. The molecule has 1 fully saturated rings. The first-order valence-corrected chi connectivity index (χ1v) is 7.80. The van der Waals surface area contributed by atoms with Crippen LogP contribution in [0.5, 0.6) is 0 Å². The van der Waals surface area contributed by atoms with E-state index in [1.165, 1.54) is 0 Å². The van der Waals surface area contributed by atoms with Gasteiger partial charge in [0.05, 0.1) is 5.56 Å². The van der Waals surface area contributed by atoms with E-state index in [9.17, 15) is 14.7 Å². The summed E-state index contributed by atoms with van der Waals surface area (Å²) in [6.07, 6.45) is 0.460. The van der Waals surface area contributed by atoms with Crippen molar-refractivity contribution >= 4 is 39.6 Å². The van der Waals surface area contributed by atoms with Crippen LogP contribution >= 0.6 is 27.7 Å². The van der Waals surface area contributed by atoms with Gasteiger partial charge in [0.1, 0.15) is 5.54 Å². The molecule has 1 saturated heterocycles. The topological polar surface area (TPSA) is 66.4 Å². The zero-order valence-corrected chi connectivity index (χ0v) is 12.8. The molecule has 1 atom stereocenters. The van der Waals surface area contributed by atoms with Gasteiger partial charge in [-0.05, 0) is 46.7 Å². The molecule has 2 N–H and O–H groups in total. The molecule has 1 unspecified atom stereocenters. The first-order chi connectivity index (χ1) is 8.96. The number of thioether (sulfide) groups is 1. The Morgan fingerprint density at radius 3 is 2.79 bits per heavy atom. The second-order valence-corrected chi connectivity index (χ2v) is 6.48. The van der Waals surface area contributed by atoms with Crippen LogP contribution in [0.3, 0.4) is 0 Å². The number of benzene rings is 1. The summed E-state index contributed by atoms with van der Waals surface area (Å²) in [6, 6.07) is 5.36. The van der Waals surface area contributed by atoms with Crippen LogP contribution in [0.4, 0.5) is 0 Å². The van der Waals surface area contributed by atoms with Crippen LogP contribution in [0.2, 0.25) is 0 Å². The molecule has 1 aromatic carbocycles. The van der Waals surface area contributed by atoms with Gasteiger partial charge in [-0.15, -0.1) is 0 Å². The zero-order valence-electron chi connectivity index (χ0n) is 10.4. The number of hydrogen-bond donors (Lipinski definition) is 2. The van der Waals surface area contributed by atoms with Gasteiger partial charge in [-0.3, -0.25) is 4.79 Å². The summed E-state index contributed by atoms with van der Waals surface area (Å²) in [5.41, 5.74) is 0.278. The fourth-order valence-corrected chi connectivity index (χ4v) is 3.76. The number of halogens is 1. The van der Waals surface area contributed by atoms with E-state index in [0.717, 1.165) is 11.3 Å². The van der Waals surface area contributed by atoms with Gasteiger partial charge in [-0.2, -0.15) is 11.8 Å². The number of aliphatic carboxylic acids is 1. The summed E-state index contributed by atoms with van der Waals surface area (Å²) in [7, 11) is 0. The van der Waals surface area contributed by atoms with Gasteiger partial charge in [0.2, 0.25) is 0 Å². The molecular formula is C13H14BrNO3S. The number of hydrogen-bond acceptors (Lipinski definition) is 3. The highest BCUT2D eigenvalue weighted by atomic mass is 79.9. The average molecular weight is 344 g/mol. The number of amides is 1. The van der Waals surface area contributed by atoms with Crippen LogP contribution in [-0.2, 0) is 4.79 Å². The number of carboxylic acid groups (broad SMARTS) is 1. The second-order valence-electron chi connectivity index (χ2n) is 4.58. The Labute approximate surface area is 124 Å². The van der Waals surface area contributed by atoms with E-state index in [4.69, 9.17) is 0 Å². The van der Waals surface area contributed by atoms with Gasteiger partial charge >= 0.3 is 5.97 Å². The van der Waals surface area contributed by atoms with Crippen LogP contribution in [0.25, 0.3) is 0 Å². The fraction of sp³-hybridized carbons (Fsp3) is 0.385. The van der Waals surface area contributed by atoms with Crippen molar-refractivity contribution < 1.29 is 14.7 Å². The number of carbonyl (C=O) groups excluding carboxylic acids is 1. The molecule has 1 aliphatic heterocycles. The Morgan fingerprint density at radius 2 is 2.21 bits per heavy atom. The Morgan fingerprint density at radius 1 is 1.47 bits per heavy atom. The van der Waals surface area contributed by atoms with Crippen molar-refractivity contribution in [2.75, 3.05) is 11.5 Å². The van der Waals surface area contributed by atoms with Crippen molar-refractivity contribution in [1.82, 2.24) is 5.32 Å². The lowest BCUT2D eigenvalue weighted by Crippen LogP contribution is -2.54. The van der Waals surface area contributed by atoms with E-state index in [1.807, 2.05) is 13.0 Å². The summed E-state index contributed by atoms with van der Waals surface area (Å²) >= 11 is 4.92. The predicted octanol–water partition coefficient (Wildman–Crippen LogP) is 2.45. The lowest BCUT2D eigenvalue weighted by molar-refractivity contribution is -0.143. The molecule has 102 valence electrons. The van der Waals surface area contributed by atoms with E-state index < -0.39 is 11.5 Å². The molecular weight excluding hydrogens is 330 g/mol. The van der Waals surface area contributed by atoms with Crippen LogP contribution in [-0.4, -0.2) is 34.0 Å². The highest BCUT2D eigenvalue weighted by Gasteiger charge is 2.43. The van der Waals surface area contributed by atoms with Gasteiger partial charge in [0.15, 0.2) is 0 Å². The first kappa shape index (κ1) is 14.4. The maximum Gasteiger partial charge on any atom is 0.330 e. The SMILES string of the molecule is Cc1cccc(C(=O)NC2(C(=O)O)CCSC2)c1Br. The minimum Gasteiger partial charge on any atom is -0.479 e. The number of aryl methyl sites for hydroxylation is 1. The quantitative estimate of drug-likeness (QED) is 0.884. The molecule has 0 radical (unpaired) electrons. The van der Waals surface area contributed by atoms with Crippen molar-refractivity contribution in [2.45, 2.75) is 18.9 Å². The Kier molecular flexibility index (Phi) is 4.20. The molecule has 0 bridgehead atoms. The molecule has 1 amide bonds. The third kappa shape index (κ3) is 2.79. The van der Waals surface area contributed by atoms with Gasteiger partial charge in [0.25, 0.3) is 5.91 Å². The van der Waals surface area contributed by atoms with E-state index in [2.05, 4.69) is 21.2 Å². The van der Waals surface area contributed by atoms with Gasteiger partial charge in [-0.1, -0.05) is 12.1 Å². The molecule has 0 aliphatic carbocycles. The molecule has 4 nitrogen and oxygen atoms in total. The largest absolute Gasteiger partial charge is 0.479 e. The van der Waals surface area contributed by atoms with Crippen molar-refractivity contribution in [3.05, 3.63) is 33.8 Å². The van der Waals surface area contributed by atoms with E-state index in [1.54, 1.807) is 23.9 Å². The molecule has 0 aromatic heterocycles. The summed E-state index contributed by atoms with van der Waals surface area (Å²) in [5.74, 6) is -0.144. The number of rotatable bonds is 3. The third-order valence-electron chi connectivity index (χ3n) is 3.22. The van der Waals surface area contributed by atoms with Crippen molar-refractivity contribution in [3.63, 3.8) is 0 Å². The van der Waals surface area contributed by atoms with Crippen LogP contribution in [0.15, 0.2) is 22.7 Å². The van der Waals surface area contributed by atoms with Crippen LogP contribution in [0, 0.1) is 6.92 Å². The minimum atomic E-state index is -1.13. The molecule has 0 saturated carbocycles. The van der Waals surface area contributed by atoms with Gasteiger partial charge in [-0.25, -0.2) is 4.79 Å². The van der Waals surface area contributed by atoms with E-state index >= 15 is 0 Å². The number of nitrogens with one attached hydrogen (secondary N) is 1. The predicted molar refractivity (Wildman–Crippen MR) is 78.7 cm³/mol. The molecule has 1 aromatic rings. The fourth-order valence-electron chi connectivity index (χ4n) is 1.99. The maximum atomic E-state index is 12.3. The highest BCUT2D eigenvalue weighted by Crippen LogP contribution is 2.29. The lowest BCUT2D eigenvalue weighted by atomic mass is 9.98. The highest BCUT2D eigenvalue weighted by molar-refractivity contribution is 9.10. The van der Waals surface area contributed by atoms with Crippen molar-refractivity contribution in [1.29, 1.82) is 0 Å². The summed E-state index contributed by atoms with van der Waals surface area (Å²) < 4.78 is 0.707. The standard InChI is InChI=1S/C13H14BrNO3S/c1-8-3-2-4-9(10(8)14)11(16)15-13(12(17)18)5-6-19-7-13/h2-4H,5-7H2,1H3,(H,15,16)(H,17,18). The molecule has 0 spiro atoms. The molecule has 2 rings (SSSR count). The lowest BCUT2D eigenvalue weighted by Gasteiger charge is -2.25. The van der Waals surface area contributed by atoms with Crippen LogP contribution < -0.4 is 5.32 Å². The average Bonchev–Trinajstić information content (AvgIpc) is 2.82. The molecule has 1 heterocycles. The van der Waals surface area contributed by atoms with Gasteiger partial charge in [0, 0.05) is 10.2 Å². The summed E-state index contributed by atoms with van der Waals surface area (Å²) in [6.45, 7) is 1.89. The van der Waals surface area contributed by atoms with Crippen LogP contribution in [0.1, 0.15) is 22.3 Å². The third-order valence-corrected chi connectivity index (χ3v) is 5.46. The Balaban J connectivity index is 2.25. The number of carboxylic acids is 1. The zero-order chi connectivity index (χ0) is 14.0. The van der Waals surface area contributed by atoms with E-state index in [0.29, 0.717) is 22.2 Å². The minimum absolute atomic E-state index is 0.347. The second kappa shape index (κ2) is 5.54. The van der Waals surface area contributed by atoms with Crippen molar-refractivity contribution in [3.8, 4) is 0 Å². The molecule has 6 heteroatoms. The summed E-state index contributed by atoms with van der Waals surface area (Å²) in [5, 5.41) is 12.0. The Bertz CT molecular complexity index is 527. The van der Waals surface area contributed by atoms with Crippen molar-refractivity contribution in [2.24, 2.45) is 0 Å². The molecule has 19 heavy (non-hydrogen) atoms. The van der Waals surface area contributed by atoms with Gasteiger partial charge < -0.3 is 10.4 Å². The first-order valence-electron chi connectivity index (χ1n) is 5.85. The molecule has 1 aliphatic rings. The Hall–Kier alpha value is -1.01. The normalized spacial score (nSPS) is 22.2. The maximum absolute atomic E-state index is 12.3.